The Kier molecular flexibility index (Phi) is 3.42. The van der Waals surface area contributed by atoms with Gasteiger partial charge in [-0.2, -0.15) is 0 Å². The van der Waals surface area contributed by atoms with Crippen LogP contribution in [0.1, 0.15) is 50.2 Å². The van der Waals surface area contributed by atoms with Crippen LogP contribution in [0, 0.1) is 5.92 Å². The lowest BCUT2D eigenvalue weighted by Crippen LogP contribution is -2.34. The summed E-state index contributed by atoms with van der Waals surface area (Å²) >= 11 is 0. The van der Waals surface area contributed by atoms with Gasteiger partial charge in [0.25, 0.3) is 0 Å². The number of hydrogen-bond donors (Lipinski definition) is 0. The maximum absolute atomic E-state index is 11.4. The Hall–Kier alpha value is -1.11. The Morgan fingerprint density at radius 3 is 2.38 bits per heavy atom. The van der Waals surface area contributed by atoms with Crippen molar-refractivity contribution in [3.05, 3.63) is 35.4 Å². The number of carbonyl (C=O) groups excluding carboxylic acids is 1. The molecule has 1 aliphatic carbocycles. The number of ketones is 1. The van der Waals surface area contributed by atoms with E-state index in [4.69, 9.17) is 0 Å². The van der Waals surface area contributed by atoms with E-state index in [1.54, 1.807) is 0 Å². The summed E-state index contributed by atoms with van der Waals surface area (Å²) in [6.07, 6.45) is 4.09. The molecule has 1 nitrogen and oxygen atoms in total. The van der Waals surface area contributed by atoms with Crippen LogP contribution in [0.25, 0.3) is 0 Å². The molecule has 1 aromatic carbocycles. The number of rotatable bonds is 4. The molecule has 0 heterocycles. The fourth-order valence-corrected chi connectivity index (χ4v) is 2.66. The summed E-state index contributed by atoms with van der Waals surface area (Å²) < 4.78 is 0. The minimum Gasteiger partial charge on any atom is -0.299 e. The topological polar surface area (TPSA) is 17.1 Å². The Morgan fingerprint density at radius 2 is 1.88 bits per heavy atom. The Labute approximate surface area is 97.9 Å². The molecule has 0 amide bonds. The first-order valence-electron chi connectivity index (χ1n) is 6.37. The highest BCUT2D eigenvalue weighted by Gasteiger charge is 2.38. The fourth-order valence-electron chi connectivity index (χ4n) is 2.66. The van der Waals surface area contributed by atoms with Gasteiger partial charge in [-0.3, -0.25) is 4.79 Å². The first-order chi connectivity index (χ1) is 7.76. The summed E-state index contributed by atoms with van der Waals surface area (Å²) in [5, 5.41) is 0. The number of benzene rings is 1. The average molecular weight is 216 g/mol. The van der Waals surface area contributed by atoms with Crippen LogP contribution in [0.4, 0.5) is 0 Å². The Bertz CT molecular complexity index is 364. The number of Topliss-reactive ketones (excluding diaryl/α,β-unsaturated/α-hetero) is 1. The molecule has 0 aromatic heterocycles. The maximum Gasteiger partial charge on any atom is 0.137 e. The van der Waals surface area contributed by atoms with Crippen LogP contribution in [0.5, 0.6) is 0 Å². The molecule has 1 aliphatic rings. The van der Waals surface area contributed by atoms with Gasteiger partial charge < -0.3 is 0 Å². The molecule has 0 N–H and O–H groups in total. The van der Waals surface area contributed by atoms with E-state index in [0.29, 0.717) is 11.7 Å². The summed E-state index contributed by atoms with van der Waals surface area (Å²) in [6, 6.07) is 8.86. The molecule has 1 aromatic rings. The van der Waals surface area contributed by atoms with Gasteiger partial charge in [-0.15, -0.1) is 0 Å². The summed E-state index contributed by atoms with van der Waals surface area (Å²) in [6.45, 7) is 4.31. The molecule has 0 bridgehead atoms. The lowest BCUT2D eigenvalue weighted by molar-refractivity contribution is -0.131. The van der Waals surface area contributed by atoms with Gasteiger partial charge in [0, 0.05) is 18.3 Å². The molecule has 16 heavy (non-hydrogen) atoms. The normalized spacial score (nSPS) is 24.2. The highest BCUT2D eigenvalue weighted by molar-refractivity contribution is 5.89. The van der Waals surface area contributed by atoms with Gasteiger partial charge in [-0.05, 0) is 24.0 Å². The van der Waals surface area contributed by atoms with E-state index in [0.717, 1.165) is 19.3 Å². The van der Waals surface area contributed by atoms with Crippen molar-refractivity contribution in [3.63, 3.8) is 0 Å². The molecule has 0 spiro atoms. The molecule has 1 fully saturated rings. The van der Waals surface area contributed by atoms with Crippen molar-refractivity contribution in [1.29, 1.82) is 0 Å². The SMILES string of the molecule is CCCc1ccc(C2CC(=O)C2CC)cc1. The Morgan fingerprint density at radius 1 is 1.19 bits per heavy atom. The third-order valence-electron chi connectivity index (χ3n) is 3.71. The van der Waals surface area contributed by atoms with Crippen molar-refractivity contribution in [1.82, 2.24) is 0 Å². The van der Waals surface area contributed by atoms with E-state index < -0.39 is 0 Å². The zero-order chi connectivity index (χ0) is 11.5. The first kappa shape index (κ1) is 11.4. The first-order valence-corrected chi connectivity index (χ1v) is 6.37. The summed E-state index contributed by atoms with van der Waals surface area (Å²) in [5.41, 5.74) is 2.76. The molecule has 0 radical (unpaired) electrons. The standard InChI is InChI=1S/C15H20O/c1-3-5-11-6-8-12(9-7-11)14-10-15(16)13(14)4-2/h6-9,13-14H,3-5,10H2,1-2H3. The summed E-state index contributed by atoms with van der Waals surface area (Å²) in [7, 11) is 0. The lowest BCUT2D eigenvalue weighted by Gasteiger charge is -2.34. The van der Waals surface area contributed by atoms with Gasteiger partial charge in [0.15, 0.2) is 0 Å². The highest BCUT2D eigenvalue weighted by Crippen LogP contribution is 2.41. The Balaban J connectivity index is 2.07. The van der Waals surface area contributed by atoms with Crippen LogP contribution in [0.3, 0.4) is 0 Å². The number of aryl methyl sites for hydroxylation is 1. The lowest BCUT2D eigenvalue weighted by atomic mass is 9.67. The molecule has 2 unspecified atom stereocenters. The largest absolute Gasteiger partial charge is 0.299 e. The van der Waals surface area contributed by atoms with Crippen molar-refractivity contribution in [3.8, 4) is 0 Å². The molecular formula is C15H20O. The van der Waals surface area contributed by atoms with E-state index in [1.165, 1.54) is 17.5 Å². The van der Waals surface area contributed by atoms with E-state index in [1.807, 2.05) is 0 Å². The molecule has 86 valence electrons. The molecule has 0 saturated heterocycles. The predicted molar refractivity (Wildman–Crippen MR) is 66.6 cm³/mol. The zero-order valence-corrected chi connectivity index (χ0v) is 10.2. The molecule has 2 atom stereocenters. The second kappa shape index (κ2) is 4.82. The maximum atomic E-state index is 11.4. The van der Waals surface area contributed by atoms with Crippen molar-refractivity contribution >= 4 is 5.78 Å². The zero-order valence-electron chi connectivity index (χ0n) is 10.2. The summed E-state index contributed by atoms with van der Waals surface area (Å²) in [5.74, 6) is 1.23. The van der Waals surface area contributed by atoms with Crippen LogP contribution in [0.15, 0.2) is 24.3 Å². The van der Waals surface area contributed by atoms with Crippen LogP contribution in [0.2, 0.25) is 0 Å². The van der Waals surface area contributed by atoms with E-state index in [2.05, 4.69) is 38.1 Å². The van der Waals surface area contributed by atoms with Gasteiger partial charge in [0.05, 0.1) is 0 Å². The number of hydrogen-bond acceptors (Lipinski definition) is 1. The molecule has 1 saturated carbocycles. The molecule has 0 aliphatic heterocycles. The number of carbonyl (C=O) groups is 1. The van der Waals surface area contributed by atoms with Crippen molar-refractivity contribution in [2.45, 2.75) is 45.4 Å². The average Bonchev–Trinajstić information content (AvgIpc) is 2.28. The van der Waals surface area contributed by atoms with Crippen LogP contribution >= 0.6 is 0 Å². The van der Waals surface area contributed by atoms with Crippen LogP contribution in [-0.2, 0) is 11.2 Å². The smallest absolute Gasteiger partial charge is 0.137 e. The highest BCUT2D eigenvalue weighted by atomic mass is 16.1. The third kappa shape index (κ3) is 2.04. The fraction of sp³-hybridized carbons (Fsp3) is 0.533. The van der Waals surface area contributed by atoms with Gasteiger partial charge in [0.1, 0.15) is 5.78 Å². The predicted octanol–water partition coefficient (Wildman–Crippen LogP) is 3.72. The summed E-state index contributed by atoms with van der Waals surface area (Å²) in [4.78, 5) is 11.4. The van der Waals surface area contributed by atoms with Gasteiger partial charge in [-0.25, -0.2) is 0 Å². The quantitative estimate of drug-likeness (QED) is 0.749. The van der Waals surface area contributed by atoms with Gasteiger partial charge >= 0.3 is 0 Å². The van der Waals surface area contributed by atoms with Gasteiger partial charge in [0.2, 0.25) is 0 Å². The second-order valence-electron chi connectivity index (χ2n) is 4.78. The second-order valence-corrected chi connectivity index (χ2v) is 4.78. The van der Waals surface area contributed by atoms with Crippen molar-refractivity contribution in [2.75, 3.05) is 0 Å². The molecule has 1 heteroatoms. The molecule has 2 rings (SSSR count). The minimum absolute atomic E-state index is 0.289. The van der Waals surface area contributed by atoms with Crippen molar-refractivity contribution < 1.29 is 4.79 Å². The van der Waals surface area contributed by atoms with Crippen molar-refractivity contribution in [2.24, 2.45) is 5.92 Å². The van der Waals surface area contributed by atoms with Gasteiger partial charge in [-0.1, -0.05) is 44.5 Å². The monoisotopic (exact) mass is 216 g/mol. The van der Waals surface area contributed by atoms with Crippen LogP contribution < -0.4 is 0 Å². The minimum atomic E-state index is 0.289. The van der Waals surface area contributed by atoms with E-state index in [9.17, 15) is 4.79 Å². The van der Waals surface area contributed by atoms with Crippen LogP contribution in [-0.4, -0.2) is 5.78 Å². The van der Waals surface area contributed by atoms with E-state index >= 15 is 0 Å². The molecular weight excluding hydrogens is 196 g/mol. The third-order valence-corrected chi connectivity index (χ3v) is 3.71. The van der Waals surface area contributed by atoms with E-state index in [-0.39, 0.29) is 5.92 Å².